The van der Waals surface area contributed by atoms with Gasteiger partial charge in [0, 0.05) is 18.2 Å². The summed E-state index contributed by atoms with van der Waals surface area (Å²) >= 11 is 2.02. The van der Waals surface area contributed by atoms with Crippen molar-refractivity contribution in [3.8, 4) is 6.07 Å². The monoisotopic (exact) mass is 170 g/mol. The molecule has 1 fully saturated rings. The predicted octanol–water partition coefficient (Wildman–Crippen LogP) is 1.39. The van der Waals surface area contributed by atoms with Crippen molar-refractivity contribution in [1.82, 2.24) is 5.32 Å². The highest BCUT2D eigenvalue weighted by Gasteiger charge is 2.13. The van der Waals surface area contributed by atoms with Crippen LogP contribution in [0.3, 0.4) is 0 Å². The van der Waals surface area contributed by atoms with Gasteiger partial charge in [0.05, 0.1) is 6.07 Å². The number of unbranched alkanes of at least 4 members (excludes halogenated alkanes) is 1. The molecule has 62 valence electrons. The van der Waals surface area contributed by atoms with Crippen LogP contribution in [0.1, 0.15) is 19.3 Å². The quantitative estimate of drug-likeness (QED) is 0.648. The number of hydrogen-bond acceptors (Lipinski definition) is 3. The van der Waals surface area contributed by atoms with E-state index in [9.17, 15) is 0 Å². The molecule has 1 atom stereocenters. The summed E-state index contributed by atoms with van der Waals surface area (Å²) in [6, 6.07) is 2.87. The Balaban J connectivity index is 1.90. The normalized spacial score (nSPS) is 23.4. The van der Waals surface area contributed by atoms with E-state index >= 15 is 0 Å². The number of nitrogens with zero attached hydrogens (tertiary/aromatic N) is 1. The lowest BCUT2D eigenvalue weighted by molar-refractivity contribution is 0.548. The molecule has 0 aromatic heterocycles. The molecule has 0 aromatic rings. The Bertz CT molecular complexity index is 136. The van der Waals surface area contributed by atoms with E-state index < -0.39 is 0 Å². The molecule has 1 unspecified atom stereocenters. The number of hydrogen-bond donors (Lipinski definition) is 1. The fourth-order valence-electron chi connectivity index (χ4n) is 1.17. The largest absolute Gasteiger partial charge is 0.313 e. The van der Waals surface area contributed by atoms with Crippen LogP contribution in [0.2, 0.25) is 0 Å². The summed E-state index contributed by atoms with van der Waals surface area (Å²) < 4.78 is 0. The lowest BCUT2D eigenvalue weighted by atomic mass is 10.2. The summed E-state index contributed by atoms with van der Waals surface area (Å²) in [4.78, 5) is 0. The van der Waals surface area contributed by atoms with Gasteiger partial charge in [-0.3, -0.25) is 0 Å². The highest BCUT2D eigenvalue weighted by Crippen LogP contribution is 2.16. The van der Waals surface area contributed by atoms with Crippen molar-refractivity contribution in [3.05, 3.63) is 0 Å². The molecule has 1 aliphatic heterocycles. The molecule has 0 saturated carbocycles. The van der Waals surface area contributed by atoms with Gasteiger partial charge in [0.1, 0.15) is 0 Å². The minimum Gasteiger partial charge on any atom is -0.313 e. The zero-order valence-corrected chi connectivity index (χ0v) is 7.49. The fraction of sp³-hybridized carbons (Fsp3) is 0.875. The second-order valence-corrected chi connectivity index (χ2v) is 3.93. The second-order valence-electron chi connectivity index (χ2n) is 2.78. The Kier molecular flexibility index (Phi) is 4.41. The number of thioether (sulfide) groups is 1. The van der Waals surface area contributed by atoms with Gasteiger partial charge in [0.25, 0.3) is 0 Å². The minimum absolute atomic E-state index is 0.687. The van der Waals surface area contributed by atoms with Crippen molar-refractivity contribution >= 4 is 11.8 Å². The van der Waals surface area contributed by atoms with Gasteiger partial charge in [-0.1, -0.05) is 0 Å². The van der Waals surface area contributed by atoms with E-state index in [2.05, 4.69) is 11.4 Å². The van der Waals surface area contributed by atoms with Crippen LogP contribution >= 0.6 is 11.8 Å². The van der Waals surface area contributed by atoms with Crippen LogP contribution in [0.25, 0.3) is 0 Å². The maximum absolute atomic E-state index is 8.28. The van der Waals surface area contributed by atoms with Crippen molar-refractivity contribution in [2.45, 2.75) is 25.3 Å². The number of nitriles is 1. The first-order valence-electron chi connectivity index (χ1n) is 4.11. The fourth-order valence-corrected chi connectivity index (χ4v) is 2.36. The summed E-state index contributed by atoms with van der Waals surface area (Å²) in [5, 5.41) is 11.7. The maximum Gasteiger partial charge on any atom is 0.0622 e. The lowest BCUT2D eigenvalue weighted by Gasteiger charge is -2.08. The van der Waals surface area contributed by atoms with Gasteiger partial charge in [-0.15, -0.1) is 0 Å². The Labute approximate surface area is 72.4 Å². The van der Waals surface area contributed by atoms with Gasteiger partial charge < -0.3 is 5.32 Å². The third-order valence-corrected chi connectivity index (χ3v) is 2.99. The summed E-state index contributed by atoms with van der Waals surface area (Å²) in [7, 11) is 0. The van der Waals surface area contributed by atoms with Crippen molar-refractivity contribution in [3.63, 3.8) is 0 Å². The summed E-state index contributed by atoms with van der Waals surface area (Å²) in [6.07, 6.45) is 2.99. The van der Waals surface area contributed by atoms with Crippen molar-refractivity contribution in [2.24, 2.45) is 0 Å². The van der Waals surface area contributed by atoms with Gasteiger partial charge in [-0.05, 0) is 25.1 Å². The second kappa shape index (κ2) is 5.45. The predicted molar refractivity (Wildman–Crippen MR) is 48.6 cm³/mol. The Morgan fingerprint density at radius 1 is 1.64 bits per heavy atom. The van der Waals surface area contributed by atoms with E-state index in [0.29, 0.717) is 6.42 Å². The zero-order valence-electron chi connectivity index (χ0n) is 6.68. The van der Waals surface area contributed by atoms with Crippen molar-refractivity contribution in [2.75, 3.05) is 18.1 Å². The molecule has 1 rings (SSSR count). The maximum atomic E-state index is 8.28. The van der Waals surface area contributed by atoms with Crippen LogP contribution in [-0.2, 0) is 0 Å². The van der Waals surface area contributed by atoms with E-state index in [1.165, 1.54) is 17.9 Å². The average molecular weight is 170 g/mol. The standard InChI is InChI=1S/C8H14N2S/c9-4-1-2-5-10-8-3-6-11-7-8/h8,10H,1-3,5-7H2. The first-order chi connectivity index (χ1) is 5.43. The van der Waals surface area contributed by atoms with E-state index in [1.807, 2.05) is 11.8 Å². The molecular weight excluding hydrogens is 156 g/mol. The van der Waals surface area contributed by atoms with Crippen molar-refractivity contribution in [1.29, 1.82) is 5.26 Å². The first-order valence-corrected chi connectivity index (χ1v) is 5.27. The molecule has 0 amide bonds. The van der Waals surface area contributed by atoms with Gasteiger partial charge >= 0.3 is 0 Å². The summed E-state index contributed by atoms with van der Waals surface area (Å²) in [6.45, 7) is 1.01. The van der Waals surface area contributed by atoms with Gasteiger partial charge in [0.2, 0.25) is 0 Å². The molecule has 0 bridgehead atoms. The van der Waals surface area contributed by atoms with Crippen molar-refractivity contribution < 1.29 is 0 Å². The van der Waals surface area contributed by atoms with Crippen LogP contribution in [0.4, 0.5) is 0 Å². The van der Waals surface area contributed by atoms with Crippen LogP contribution in [0.5, 0.6) is 0 Å². The van der Waals surface area contributed by atoms with Crippen LogP contribution < -0.4 is 5.32 Å². The molecule has 0 aromatic carbocycles. The molecular formula is C8H14N2S. The molecule has 0 aliphatic carbocycles. The number of nitrogens with one attached hydrogen (secondary N) is 1. The molecule has 1 N–H and O–H groups in total. The van der Waals surface area contributed by atoms with Gasteiger partial charge in [-0.25, -0.2) is 0 Å². The SMILES string of the molecule is N#CCCCNC1CCSC1. The van der Waals surface area contributed by atoms with E-state index in [0.717, 1.165) is 19.0 Å². The van der Waals surface area contributed by atoms with E-state index in [-0.39, 0.29) is 0 Å². The van der Waals surface area contributed by atoms with Crippen LogP contribution in [0, 0.1) is 11.3 Å². The Morgan fingerprint density at radius 2 is 2.55 bits per heavy atom. The third-order valence-electron chi connectivity index (χ3n) is 1.83. The Hall–Kier alpha value is -0.200. The zero-order chi connectivity index (χ0) is 7.94. The Morgan fingerprint density at radius 3 is 3.18 bits per heavy atom. The van der Waals surface area contributed by atoms with E-state index in [4.69, 9.17) is 5.26 Å². The molecule has 1 heterocycles. The molecule has 3 heteroatoms. The molecule has 0 radical (unpaired) electrons. The molecule has 1 aliphatic rings. The average Bonchev–Trinajstić information content (AvgIpc) is 2.50. The van der Waals surface area contributed by atoms with E-state index in [1.54, 1.807) is 0 Å². The smallest absolute Gasteiger partial charge is 0.0622 e. The molecule has 0 spiro atoms. The lowest BCUT2D eigenvalue weighted by Crippen LogP contribution is -2.29. The first kappa shape index (κ1) is 8.89. The third kappa shape index (κ3) is 3.64. The number of rotatable bonds is 4. The minimum atomic E-state index is 0.687. The highest BCUT2D eigenvalue weighted by atomic mass is 32.2. The van der Waals surface area contributed by atoms with Crippen LogP contribution in [-0.4, -0.2) is 24.1 Å². The van der Waals surface area contributed by atoms with Crippen LogP contribution in [0.15, 0.2) is 0 Å². The summed E-state index contributed by atoms with van der Waals surface area (Å²) in [5.74, 6) is 2.56. The summed E-state index contributed by atoms with van der Waals surface area (Å²) in [5.41, 5.74) is 0. The highest BCUT2D eigenvalue weighted by molar-refractivity contribution is 7.99. The molecule has 1 saturated heterocycles. The van der Waals surface area contributed by atoms with Gasteiger partial charge in [0.15, 0.2) is 0 Å². The topological polar surface area (TPSA) is 35.8 Å². The molecule has 11 heavy (non-hydrogen) atoms. The van der Waals surface area contributed by atoms with Gasteiger partial charge in [-0.2, -0.15) is 17.0 Å². The molecule has 2 nitrogen and oxygen atoms in total.